The Labute approximate surface area is 272 Å². The molecule has 3 aliphatic rings. The number of rotatable bonds is 11. The molecule has 1 aliphatic carbocycles. The summed E-state index contributed by atoms with van der Waals surface area (Å²) in [5.74, 6) is 0.772. The average molecular weight is 645 g/mol. The van der Waals surface area contributed by atoms with Gasteiger partial charge in [0, 0.05) is 44.7 Å². The summed E-state index contributed by atoms with van der Waals surface area (Å²) in [6.07, 6.45) is 7.47. The molecule has 2 saturated heterocycles. The lowest BCUT2D eigenvalue weighted by Gasteiger charge is -2.39. The van der Waals surface area contributed by atoms with Crippen LogP contribution in [0.15, 0.2) is 42.5 Å². The van der Waals surface area contributed by atoms with Crippen LogP contribution in [-0.2, 0) is 34.0 Å². The van der Waals surface area contributed by atoms with Crippen LogP contribution in [-0.4, -0.2) is 61.6 Å². The first kappa shape index (κ1) is 34.9. The predicted octanol–water partition coefficient (Wildman–Crippen LogP) is 8.60. The summed E-state index contributed by atoms with van der Waals surface area (Å²) in [6, 6.07) is 11.6. The molecule has 2 unspecified atom stereocenters. The quantitative estimate of drug-likeness (QED) is 0.230. The number of halogens is 4. The summed E-state index contributed by atoms with van der Waals surface area (Å²) in [5, 5.41) is 0. The van der Waals surface area contributed by atoms with E-state index in [1.807, 2.05) is 18.0 Å². The smallest absolute Gasteiger partial charge is 0.381 e. The number of likely N-dealkylation sites (tertiary alicyclic amines) is 1. The molecule has 2 heterocycles. The van der Waals surface area contributed by atoms with Crippen LogP contribution in [0.25, 0.3) is 0 Å². The van der Waals surface area contributed by atoms with Crippen LogP contribution in [0.3, 0.4) is 0 Å². The van der Waals surface area contributed by atoms with Crippen LogP contribution in [0.1, 0.15) is 99.8 Å². The number of hydrogen-bond donors (Lipinski definition) is 0. The third kappa shape index (κ3) is 9.33. The fourth-order valence-electron chi connectivity index (χ4n) is 8.06. The first-order chi connectivity index (χ1) is 22.0. The summed E-state index contributed by atoms with van der Waals surface area (Å²) in [6.45, 7) is 6.12. The van der Waals surface area contributed by atoms with Crippen LogP contribution in [0, 0.1) is 17.7 Å². The molecular formula is C38H52F4N2O2. The van der Waals surface area contributed by atoms with Crippen molar-refractivity contribution in [1.82, 2.24) is 9.80 Å². The van der Waals surface area contributed by atoms with E-state index in [4.69, 9.17) is 4.74 Å². The van der Waals surface area contributed by atoms with Gasteiger partial charge in [0.2, 0.25) is 5.91 Å². The van der Waals surface area contributed by atoms with E-state index >= 15 is 4.39 Å². The Morgan fingerprint density at radius 1 is 0.913 bits per heavy atom. The van der Waals surface area contributed by atoms with E-state index in [1.165, 1.54) is 12.1 Å². The zero-order valence-corrected chi connectivity index (χ0v) is 27.7. The van der Waals surface area contributed by atoms with Crippen LogP contribution in [0.2, 0.25) is 0 Å². The molecule has 254 valence electrons. The first-order valence-corrected chi connectivity index (χ1v) is 17.5. The standard InChI is InChI=1S/C38H52F4N2O2/c1-37(27-36(45)43(2)34-10-3-4-11-34,32-13-12-31(35(39)25-32)23-29-8-6-21-46-22-17-29)26-30-15-19-44(20-16-30)18-14-28-7-5-9-33(24-28)38(40,41)42/h5,7,9,12-13,24-25,29-30,34H,3-4,6,8,10-11,14-23,26-27H2,1-2H3. The van der Waals surface area contributed by atoms with Gasteiger partial charge in [-0.15, -0.1) is 0 Å². The molecule has 0 spiro atoms. The van der Waals surface area contributed by atoms with Gasteiger partial charge in [-0.05, 0) is 118 Å². The summed E-state index contributed by atoms with van der Waals surface area (Å²) < 4.78 is 60.8. The van der Waals surface area contributed by atoms with E-state index in [9.17, 15) is 18.0 Å². The Morgan fingerprint density at radius 3 is 2.39 bits per heavy atom. The van der Waals surface area contributed by atoms with Crippen LogP contribution >= 0.6 is 0 Å². The van der Waals surface area contributed by atoms with Crippen molar-refractivity contribution < 1.29 is 27.1 Å². The molecule has 2 aliphatic heterocycles. The minimum absolute atomic E-state index is 0.135. The zero-order valence-electron chi connectivity index (χ0n) is 27.7. The van der Waals surface area contributed by atoms with E-state index in [1.54, 1.807) is 12.1 Å². The van der Waals surface area contributed by atoms with Crippen molar-refractivity contribution in [2.75, 3.05) is 39.9 Å². The largest absolute Gasteiger partial charge is 0.416 e. The number of ether oxygens (including phenoxy) is 1. The van der Waals surface area contributed by atoms with Gasteiger partial charge in [-0.1, -0.05) is 50.1 Å². The highest BCUT2D eigenvalue weighted by Crippen LogP contribution is 2.40. The highest BCUT2D eigenvalue weighted by atomic mass is 19.4. The Bertz CT molecular complexity index is 1280. The van der Waals surface area contributed by atoms with Crippen molar-refractivity contribution in [3.05, 3.63) is 70.5 Å². The van der Waals surface area contributed by atoms with Crippen molar-refractivity contribution >= 4 is 5.91 Å². The number of benzene rings is 2. The number of nitrogens with zero attached hydrogens (tertiary/aromatic N) is 2. The number of alkyl halides is 3. The predicted molar refractivity (Wildman–Crippen MR) is 174 cm³/mol. The molecule has 5 rings (SSSR count). The van der Waals surface area contributed by atoms with Gasteiger partial charge < -0.3 is 14.5 Å². The van der Waals surface area contributed by atoms with E-state index in [0.717, 1.165) is 114 Å². The van der Waals surface area contributed by atoms with Gasteiger partial charge in [-0.2, -0.15) is 13.2 Å². The molecular weight excluding hydrogens is 592 g/mol. The maximum atomic E-state index is 15.7. The molecule has 2 atom stereocenters. The molecule has 0 aromatic heterocycles. The maximum Gasteiger partial charge on any atom is 0.416 e. The zero-order chi connectivity index (χ0) is 32.7. The minimum atomic E-state index is -4.33. The van der Waals surface area contributed by atoms with Crippen molar-refractivity contribution in [2.24, 2.45) is 11.8 Å². The molecule has 0 radical (unpaired) electrons. The molecule has 8 heteroatoms. The fourth-order valence-corrected chi connectivity index (χ4v) is 8.06. The van der Waals surface area contributed by atoms with Crippen LogP contribution in [0.5, 0.6) is 0 Å². The normalized spacial score (nSPS) is 22.0. The van der Waals surface area contributed by atoms with Crippen LogP contribution in [0.4, 0.5) is 17.6 Å². The lowest BCUT2D eigenvalue weighted by Crippen LogP contribution is -2.41. The Morgan fingerprint density at radius 2 is 1.67 bits per heavy atom. The number of carbonyl (C=O) groups excluding carboxylic acids is 1. The van der Waals surface area contributed by atoms with Gasteiger partial charge in [0.15, 0.2) is 0 Å². The maximum absolute atomic E-state index is 15.7. The monoisotopic (exact) mass is 644 g/mol. The van der Waals surface area contributed by atoms with Gasteiger partial charge >= 0.3 is 6.18 Å². The van der Waals surface area contributed by atoms with E-state index < -0.39 is 17.2 Å². The topological polar surface area (TPSA) is 32.8 Å². The van der Waals surface area contributed by atoms with Crippen molar-refractivity contribution in [3.8, 4) is 0 Å². The summed E-state index contributed by atoms with van der Waals surface area (Å²) in [7, 11) is 1.93. The van der Waals surface area contributed by atoms with Crippen LogP contribution < -0.4 is 0 Å². The number of amides is 1. The number of piperidine rings is 1. The third-order valence-electron chi connectivity index (χ3n) is 11.1. The fraction of sp³-hybridized carbons (Fsp3) is 0.658. The lowest BCUT2D eigenvalue weighted by atomic mass is 9.70. The molecule has 1 saturated carbocycles. The van der Waals surface area contributed by atoms with Gasteiger partial charge in [-0.25, -0.2) is 4.39 Å². The molecule has 4 nitrogen and oxygen atoms in total. The first-order valence-electron chi connectivity index (χ1n) is 17.5. The van der Waals surface area contributed by atoms with Gasteiger partial charge in [0.1, 0.15) is 5.82 Å². The van der Waals surface area contributed by atoms with Gasteiger partial charge in [0.25, 0.3) is 0 Å². The average Bonchev–Trinajstić information content (AvgIpc) is 3.45. The molecule has 46 heavy (non-hydrogen) atoms. The molecule has 2 aromatic carbocycles. The highest BCUT2D eigenvalue weighted by Gasteiger charge is 2.37. The Balaban J connectivity index is 1.24. The van der Waals surface area contributed by atoms with E-state index in [-0.39, 0.29) is 11.7 Å². The minimum Gasteiger partial charge on any atom is -0.381 e. The number of carbonyl (C=O) groups is 1. The van der Waals surface area contributed by atoms with Gasteiger partial charge in [0.05, 0.1) is 5.56 Å². The van der Waals surface area contributed by atoms with Crippen molar-refractivity contribution in [3.63, 3.8) is 0 Å². The third-order valence-corrected chi connectivity index (χ3v) is 11.1. The molecule has 2 aromatic rings. The second-order valence-corrected chi connectivity index (χ2v) is 14.5. The summed E-state index contributed by atoms with van der Waals surface area (Å²) in [4.78, 5) is 18.0. The molecule has 0 bridgehead atoms. The van der Waals surface area contributed by atoms with E-state index in [2.05, 4.69) is 17.9 Å². The van der Waals surface area contributed by atoms with Gasteiger partial charge in [-0.3, -0.25) is 4.79 Å². The molecule has 0 N–H and O–H groups in total. The Kier molecular flexibility index (Phi) is 11.9. The van der Waals surface area contributed by atoms with E-state index in [0.29, 0.717) is 42.7 Å². The summed E-state index contributed by atoms with van der Waals surface area (Å²) in [5.41, 5.74) is 1.26. The Hall–Kier alpha value is -2.45. The van der Waals surface area contributed by atoms with Crippen molar-refractivity contribution in [1.29, 1.82) is 0 Å². The second-order valence-electron chi connectivity index (χ2n) is 14.5. The molecule has 3 fully saturated rings. The highest BCUT2D eigenvalue weighted by molar-refractivity contribution is 5.78. The molecule has 1 amide bonds. The van der Waals surface area contributed by atoms with Crippen molar-refractivity contribution in [2.45, 2.75) is 108 Å². The SMILES string of the molecule is CN(C(=O)CC(C)(CC1CCN(CCc2cccc(C(F)(F)F)c2)CC1)c1ccc(CC2CCCOCC2)c(F)c1)C1CCCC1. The summed E-state index contributed by atoms with van der Waals surface area (Å²) >= 11 is 0. The lowest BCUT2D eigenvalue weighted by molar-refractivity contribution is -0.137. The second kappa shape index (κ2) is 15.6. The number of hydrogen-bond acceptors (Lipinski definition) is 3.